The van der Waals surface area contributed by atoms with Crippen LogP contribution in [0.2, 0.25) is 0 Å². The van der Waals surface area contributed by atoms with Gasteiger partial charge in [-0.15, -0.1) is 0 Å². The largest absolute Gasteiger partial charge is 0.492 e. The number of hydrogen-bond donors (Lipinski definition) is 2. The molecule has 0 saturated carbocycles. The molecule has 0 unspecified atom stereocenters. The van der Waals surface area contributed by atoms with E-state index in [9.17, 15) is 0 Å². The Balaban J connectivity index is 1.54. The third kappa shape index (κ3) is 3.36. The summed E-state index contributed by atoms with van der Waals surface area (Å²) in [6.07, 6.45) is 3.28. The summed E-state index contributed by atoms with van der Waals surface area (Å²) < 4.78 is 5.60. The molecule has 0 bridgehead atoms. The lowest BCUT2D eigenvalue weighted by Gasteiger charge is -2.08. The van der Waals surface area contributed by atoms with Crippen LogP contribution in [0.25, 0.3) is 11.2 Å². The molecule has 0 radical (unpaired) electrons. The number of anilines is 2. The van der Waals surface area contributed by atoms with Crippen molar-refractivity contribution in [1.29, 1.82) is 0 Å². The standard InChI is InChI=1S/C15H15N5O/c16-11-2-1-3-12(10-11)21-9-8-18-14-5-4-13-15(20-14)19-7-6-17-13/h1-7,10H,8-9,16H2,(H,18,19,20). The van der Waals surface area contributed by atoms with Crippen LogP contribution in [-0.2, 0) is 0 Å². The summed E-state index contributed by atoms with van der Waals surface area (Å²) in [6, 6.07) is 11.1. The summed E-state index contributed by atoms with van der Waals surface area (Å²) in [5.41, 5.74) is 7.78. The van der Waals surface area contributed by atoms with E-state index in [2.05, 4.69) is 20.3 Å². The highest BCUT2D eigenvalue weighted by atomic mass is 16.5. The van der Waals surface area contributed by atoms with Crippen molar-refractivity contribution in [2.75, 3.05) is 24.2 Å². The first-order valence-electron chi connectivity index (χ1n) is 6.61. The summed E-state index contributed by atoms with van der Waals surface area (Å²) in [6.45, 7) is 1.15. The van der Waals surface area contributed by atoms with E-state index in [1.54, 1.807) is 18.5 Å². The molecule has 3 rings (SSSR count). The molecule has 0 aliphatic carbocycles. The minimum atomic E-state index is 0.517. The molecule has 3 aromatic rings. The minimum absolute atomic E-state index is 0.517. The van der Waals surface area contributed by atoms with E-state index in [-0.39, 0.29) is 0 Å². The summed E-state index contributed by atoms with van der Waals surface area (Å²) in [5, 5.41) is 3.19. The van der Waals surface area contributed by atoms with Crippen molar-refractivity contribution in [2.24, 2.45) is 0 Å². The molecule has 3 N–H and O–H groups in total. The van der Waals surface area contributed by atoms with Gasteiger partial charge in [0.05, 0.1) is 6.54 Å². The van der Waals surface area contributed by atoms with Crippen LogP contribution in [0.1, 0.15) is 0 Å². The molecule has 2 aromatic heterocycles. The number of nitrogen functional groups attached to an aromatic ring is 1. The van der Waals surface area contributed by atoms with Crippen LogP contribution in [0.4, 0.5) is 11.5 Å². The molecule has 0 spiro atoms. The highest BCUT2D eigenvalue weighted by molar-refractivity contribution is 5.71. The zero-order chi connectivity index (χ0) is 14.5. The predicted octanol–water partition coefficient (Wildman–Crippen LogP) is 2.10. The Morgan fingerprint density at radius 3 is 2.90 bits per heavy atom. The first kappa shape index (κ1) is 13.1. The van der Waals surface area contributed by atoms with Gasteiger partial charge in [-0.2, -0.15) is 0 Å². The van der Waals surface area contributed by atoms with Gasteiger partial charge in [-0.1, -0.05) is 6.07 Å². The monoisotopic (exact) mass is 281 g/mol. The van der Waals surface area contributed by atoms with Crippen LogP contribution >= 0.6 is 0 Å². The molecule has 1 aromatic carbocycles. The third-order valence-electron chi connectivity index (χ3n) is 2.87. The third-order valence-corrected chi connectivity index (χ3v) is 2.87. The molecule has 2 heterocycles. The molecule has 0 aliphatic rings. The quantitative estimate of drug-likeness (QED) is 0.550. The minimum Gasteiger partial charge on any atom is -0.492 e. The Bertz CT molecular complexity index is 747. The molecule has 0 amide bonds. The summed E-state index contributed by atoms with van der Waals surface area (Å²) in [7, 11) is 0. The number of rotatable bonds is 5. The number of fused-ring (bicyclic) bond motifs is 1. The van der Waals surface area contributed by atoms with Gasteiger partial charge in [0, 0.05) is 24.1 Å². The number of benzene rings is 1. The van der Waals surface area contributed by atoms with Crippen LogP contribution in [0, 0.1) is 0 Å². The van der Waals surface area contributed by atoms with Gasteiger partial charge in [0.2, 0.25) is 0 Å². The van der Waals surface area contributed by atoms with Crippen LogP contribution in [-0.4, -0.2) is 28.1 Å². The zero-order valence-electron chi connectivity index (χ0n) is 11.4. The van der Waals surface area contributed by atoms with Gasteiger partial charge in [-0.25, -0.2) is 9.97 Å². The number of nitrogens with one attached hydrogen (secondary N) is 1. The normalized spacial score (nSPS) is 10.5. The fraction of sp³-hybridized carbons (Fsp3) is 0.133. The maximum Gasteiger partial charge on any atom is 0.180 e. The molecule has 106 valence electrons. The number of nitrogens with zero attached hydrogens (tertiary/aromatic N) is 3. The van der Waals surface area contributed by atoms with E-state index >= 15 is 0 Å². The number of aromatic nitrogens is 3. The predicted molar refractivity (Wildman–Crippen MR) is 82.2 cm³/mol. The Morgan fingerprint density at radius 2 is 2.00 bits per heavy atom. The SMILES string of the molecule is Nc1cccc(OCCNc2ccc3nccnc3n2)c1. The molecule has 21 heavy (non-hydrogen) atoms. The average molecular weight is 281 g/mol. The van der Waals surface area contributed by atoms with Gasteiger partial charge in [-0.05, 0) is 24.3 Å². The second kappa shape index (κ2) is 6.04. The van der Waals surface area contributed by atoms with Crippen molar-refractivity contribution in [3.63, 3.8) is 0 Å². The smallest absolute Gasteiger partial charge is 0.180 e. The lowest BCUT2D eigenvalue weighted by Crippen LogP contribution is -2.12. The second-order valence-corrected chi connectivity index (χ2v) is 4.44. The van der Waals surface area contributed by atoms with Crippen LogP contribution < -0.4 is 15.8 Å². The van der Waals surface area contributed by atoms with Crippen molar-refractivity contribution >= 4 is 22.7 Å². The van der Waals surface area contributed by atoms with Gasteiger partial charge in [0.25, 0.3) is 0 Å². The van der Waals surface area contributed by atoms with E-state index < -0.39 is 0 Å². The maximum absolute atomic E-state index is 5.69. The highest BCUT2D eigenvalue weighted by Crippen LogP contribution is 2.14. The van der Waals surface area contributed by atoms with E-state index in [0.717, 1.165) is 17.1 Å². The van der Waals surface area contributed by atoms with Crippen LogP contribution in [0.5, 0.6) is 5.75 Å². The second-order valence-electron chi connectivity index (χ2n) is 4.44. The molecule has 0 saturated heterocycles. The molecule has 0 atom stereocenters. The van der Waals surface area contributed by atoms with Crippen molar-refractivity contribution < 1.29 is 4.74 Å². The van der Waals surface area contributed by atoms with E-state index in [0.29, 0.717) is 24.5 Å². The lowest BCUT2D eigenvalue weighted by molar-refractivity contribution is 0.333. The van der Waals surface area contributed by atoms with E-state index in [4.69, 9.17) is 10.5 Å². The lowest BCUT2D eigenvalue weighted by atomic mass is 10.3. The zero-order valence-corrected chi connectivity index (χ0v) is 11.4. The summed E-state index contributed by atoms with van der Waals surface area (Å²) >= 11 is 0. The van der Waals surface area contributed by atoms with Crippen molar-refractivity contribution in [2.45, 2.75) is 0 Å². The fourth-order valence-electron chi connectivity index (χ4n) is 1.91. The van der Waals surface area contributed by atoms with Gasteiger partial charge in [0.15, 0.2) is 5.65 Å². The molecule has 6 heteroatoms. The number of pyridine rings is 1. The van der Waals surface area contributed by atoms with Gasteiger partial charge in [0.1, 0.15) is 23.7 Å². The molecule has 0 aliphatic heterocycles. The van der Waals surface area contributed by atoms with Crippen molar-refractivity contribution in [3.05, 3.63) is 48.8 Å². The first-order chi connectivity index (χ1) is 10.3. The Labute approximate surface area is 122 Å². The molecule has 0 fully saturated rings. The first-order valence-corrected chi connectivity index (χ1v) is 6.61. The average Bonchev–Trinajstić information content (AvgIpc) is 2.51. The van der Waals surface area contributed by atoms with Crippen LogP contribution in [0.3, 0.4) is 0 Å². The number of nitrogens with two attached hydrogens (primary N) is 1. The maximum atomic E-state index is 5.69. The van der Waals surface area contributed by atoms with Gasteiger partial charge >= 0.3 is 0 Å². The van der Waals surface area contributed by atoms with Crippen molar-refractivity contribution in [3.8, 4) is 5.75 Å². The molecular weight excluding hydrogens is 266 g/mol. The van der Waals surface area contributed by atoms with Gasteiger partial charge in [-0.3, -0.25) is 4.98 Å². The van der Waals surface area contributed by atoms with Gasteiger partial charge < -0.3 is 15.8 Å². The number of hydrogen-bond acceptors (Lipinski definition) is 6. The van der Waals surface area contributed by atoms with Crippen LogP contribution in [0.15, 0.2) is 48.8 Å². The fourth-order valence-corrected chi connectivity index (χ4v) is 1.91. The topological polar surface area (TPSA) is 86.0 Å². The van der Waals surface area contributed by atoms with Crippen molar-refractivity contribution in [1.82, 2.24) is 15.0 Å². The molecule has 6 nitrogen and oxygen atoms in total. The Kier molecular flexibility index (Phi) is 3.77. The Hall–Kier alpha value is -2.89. The molecular formula is C15H15N5O. The highest BCUT2D eigenvalue weighted by Gasteiger charge is 1.99. The Morgan fingerprint density at radius 1 is 1.10 bits per heavy atom. The summed E-state index contributed by atoms with van der Waals surface area (Å²) in [4.78, 5) is 12.7. The summed E-state index contributed by atoms with van der Waals surface area (Å²) in [5.74, 6) is 1.51. The van der Waals surface area contributed by atoms with E-state index in [1.165, 1.54) is 0 Å². The number of ether oxygens (including phenoxy) is 1. The van der Waals surface area contributed by atoms with E-state index in [1.807, 2.05) is 30.3 Å².